The normalized spacial score (nSPS) is 9.36. The van der Waals surface area contributed by atoms with Crippen LogP contribution in [0.15, 0.2) is 4.99 Å². The van der Waals surface area contributed by atoms with Crippen LogP contribution in [0.5, 0.6) is 0 Å². The van der Waals surface area contributed by atoms with Crippen molar-refractivity contribution in [2.45, 2.75) is 6.92 Å². The van der Waals surface area contributed by atoms with Crippen molar-refractivity contribution in [2.24, 2.45) is 4.99 Å². The number of amidine groups is 1. The number of hydrogen-bond acceptors (Lipinski definition) is 3. The molecular weight excluding hydrogens is 158 g/mol. The molecular formula is C7H9N3S. The van der Waals surface area contributed by atoms with Crippen LogP contribution in [0.2, 0.25) is 0 Å². The van der Waals surface area contributed by atoms with Gasteiger partial charge in [0.15, 0.2) is 11.4 Å². The van der Waals surface area contributed by atoms with E-state index in [4.69, 9.17) is 5.26 Å². The molecule has 0 unspecified atom stereocenters. The van der Waals surface area contributed by atoms with Gasteiger partial charge in [0.2, 0.25) is 0 Å². The molecule has 0 aliphatic carbocycles. The quantitative estimate of drug-likeness (QED) is 0.206. The van der Waals surface area contributed by atoms with E-state index in [-0.39, 0.29) is 0 Å². The largest absolute Gasteiger partial charge is 0.272 e. The smallest absolute Gasteiger partial charge is 0.183 e. The first-order chi connectivity index (χ1) is 5.35. The lowest BCUT2D eigenvalue weighted by molar-refractivity contribution is 1.21. The first kappa shape index (κ1) is 9.87. The van der Waals surface area contributed by atoms with Gasteiger partial charge in [0.25, 0.3) is 0 Å². The van der Waals surface area contributed by atoms with Crippen LogP contribution >= 0.6 is 11.8 Å². The van der Waals surface area contributed by atoms with Crippen LogP contribution in [-0.4, -0.2) is 18.0 Å². The highest BCUT2D eigenvalue weighted by Crippen LogP contribution is 1.92. The molecule has 0 saturated heterocycles. The second-order valence-corrected chi connectivity index (χ2v) is 2.28. The summed E-state index contributed by atoms with van der Waals surface area (Å²) in [5.74, 6) is 5.48. The molecule has 0 aromatic rings. The molecule has 0 saturated carbocycles. The lowest BCUT2D eigenvalue weighted by Crippen LogP contribution is -2.13. The monoisotopic (exact) mass is 167 g/mol. The van der Waals surface area contributed by atoms with E-state index in [0.717, 1.165) is 0 Å². The summed E-state index contributed by atoms with van der Waals surface area (Å²) in [6.07, 6.45) is 3.65. The standard InChI is InChI=1S/C7H9N3S/c1-3-4-5-9-7(11-2)10-6-8/h5H2,1-2H3,(H,9,10). The summed E-state index contributed by atoms with van der Waals surface area (Å²) in [5.41, 5.74) is 0. The number of thioether (sulfide) groups is 1. The Labute approximate surface area is 70.9 Å². The SMILES string of the molecule is CC#CCN=C(NC#N)SC. The molecule has 0 aromatic carbocycles. The zero-order chi connectivity index (χ0) is 8.53. The van der Waals surface area contributed by atoms with Crippen molar-refractivity contribution in [1.82, 2.24) is 5.32 Å². The number of nitrogens with one attached hydrogen (secondary N) is 1. The van der Waals surface area contributed by atoms with Crippen molar-refractivity contribution in [2.75, 3.05) is 12.8 Å². The minimum atomic E-state index is 0.446. The van der Waals surface area contributed by atoms with Crippen LogP contribution in [0.25, 0.3) is 0 Å². The van der Waals surface area contributed by atoms with Gasteiger partial charge in [0.05, 0.1) is 0 Å². The van der Waals surface area contributed by atoms with Crippen molar-refractivity contribution in [3.05, 3.63) is 0 Å². The predicted octanol–water partition coefficient (Wildman–Crippen LogP) is 0.799. The average Bonchev–Trinajstić information content (AvgIpc) is 2.03. The van der Waals surface area contributed by atoms with E-state index in [9.17, 15) is 0 Å². The maximum absolute atomic E-state index is 8.23. The van der Waals surface area contributed by atoms with Crippen molar-refractivity contribution < 1.29 is 0 Å². The fraction of sp³-hybridized carbons (Fsp3) is 0.429. The zero-order valence-electron chi connectivity index (χ0n) is 6.51. The number of hydrogen-bond donors (Lipinski definition) is 1. The van der Waals surface area contributed by atoms with Gasteiger partial charge in [0, 0.05) is 0 Å². The molecule has 0 fully saturated rings. The minimum absolute atomic E-state index is 0.446. The van der Waals surface area contributed by atoms with Crippen LogP contribution in [0.4, 0.5) is 0 Å². The molecule has 0 amide bonds. The first-order valence-electron chi connectivity index (χ1n) is 2.98. The molecule has 0 atom stereocenters. The third kappa shape index (κ3) is 5.32. The maximum Gasteiger partial charge on any atom is 0.183 e. The van der Waals surface area contributed by atoms with Crippen molar-refractivity contribution >= 4 is 16.9 Å². The molecule has 0 aliphatic rings. The van der Waals surface area contributed by atoms with Gasteiger partial charge < -0.3 is 0 Å². The average molecular weight is 167 g/mol. The second kappa shape index (κ2) is 6.98. The van der Waals surface area contributed by atoms with Gasteiger partial charge in [-0.15, -0.1) is 5.92 Å². The van der Waals surface area contributed by atoms with Crippen LogP contribution in [0.3, 0.4) is 0 Å². The summed E-state index contributed by atoms with van der Waals surface area (Å²) in [5, 5.41) is 11.3. The zero-order valence-corrected chi connectivity index (χ0v) is 7.33. The van der Waals surface area contributed by atoms with Gasteiger partial charge in [-0.3, -0.25) is 5.32 Å². The van der Waals surface area contributed by atoms with Gasteiger partial charge >= 0.3 is 0 Å². The summed E-state index contributed by atoms with van der Waals surface area (Å²) >= 11 is 1.39. The summed E-state index contributed by atoms with van der Waals surface area (Å²) in [7, 11) is 0. The van der Waals surface area contributed by atoms with Gasteiger partial charge in [-0.2, -0.15) is 5.26 Å². The second-order valence-electron chi connectivity index (χ2n) is 1.49. The molecule has 11 heavy (non-hydrogen) atoms. The molecule has 0 rings (SSSR count). The lowest BCUT2D eigenvalue weighted by Gasteiger charge is -1.94. The van der Waals surface area contributed by atoms with Crippen LogP contribution < -0.4 is 5.32 Å². The molecule has 1 N–H and O–H groups in total. The number of rotatable bonds is 1. The summed E-state index contributed by atoms with van der Waals surface area (Å²) in [6, 6.07) is 0. The highest BCUT2D eigenvalue weighted by Gasteiger charge is 1.90. The van der Waals surface area contributed by atoms with Crippen molar-refractivity contribution in [3.63, 3.8) is 0 Å². The van der Waals surface area contributed by atoms with E-state index in [0.29, 0.717) is 11.7 Å². The fourth-order valence-electron chi connectivity index (χ4n) is 0.393. The topological polar surface area (TPSA) is 48.2 Å². The van der Waals surface area contributed by atoms with Crippen LogP contribution in [0.1, 0.15) is 6.92 Å². The molecule has 0 spiro atoms. The summed E-state index contributed by atoms with van der Waals surface area (Å²) < 4.78 is 0. The summed E-state index contributed by atoms with van der Waals surface area (Å²) in [6.45, 7) is 2.20. The van der Waals surface area contributed by atoms with E-state index in [1.54, 1.807) is 13.1 Å². The van der Waals surface area contributed by atoms with Crippen LogP contribution in [-0.2, 0) is 0 Å². The van der Waals surface area contributed by atoms with E-state index in [1.807, 2.05) is 6.26 Å². The maximum atomic E-state index is 8.23. The molecule has 0 heterocycles. The summed E-state index contributed by atoms with van der Waals surface area (Å²) in [4.78, 5) is 3.99. The Balaban J connectivity index is 3.89. The van der Waals surface area contributed by atoms with Gasteiger partial charge in [-0.1, -0.05) is 17.7 Å². The highest BCUT2D eigenvalue weighted by atomic mass is 32.2. The number of nitriles is 1. The molecule has 0 bridgehead atoms. The Morgan fingerprint density at radius 3 is 2.91 bits per heavy atom. The first-order valence-corrected chi connectivity index (χ1v) is 4.20. The molecule has 3 nitrogen and oxygen atoms in total. The Bertz CT molecular complexity index is 228. The molecule has 4 heteroatoms. The molecule has 0 radical (unpaired) electrons. The van der Waals surface area contributed by atoms with E-state index in [1.165, 1.54) is 11.8 Å². The van der Waals surface area contributed by atoms with Gasteiger partial charge in [0.1, 0.15) is 6.54 Å². The lowest BCUT2D eigenvalue weighted by atomic mass is 10.6. The van der Waals surface area contributed by atoms with E-state index in [2.05, 4.69) is 22.2 Å². The molecule has 0 aromatic heterocycles. The van der Waals surface area contributed by atoms with Crippen molar-refractivity contribution in [3.8, 4) is 18.0 Å². The third-order valence-corrected chi connectivity index (χ3v) is 1.45. The number of nitrogens with zero attached hydrogens (tertiary/aromatic N) is 2. The third-order valence-electron chi connectivity index (χ3n) is 0.835. The van der Waals surface area contributed by atoms with Gasteiger partial charge in [-0.05, 0) is 13.2 Å². The predicted molar refractivity (Wildman–Crippen MR) is 48.0 cm³/mol. The Hall–Kier alpha value is -1.13. The number of aliphatic imine (C=N–C) groups is 1. The van der Waals surface area contributed by atoms with Crippen LogP contribution in [0, 0.1) is 23.3 Å². The molecule has 0 aliphatic heterocycles. The Kier molecular flexibility index (Phi) is 6.27. The molecule has 58 valence electrons. The van der Waals surface area contributed by atoms with E-state index >= 15 is 0 Å². The Morgan fingerprint density at radius 1 is 1.73 bits per heavy atom. The van der Waals surface area contributed by atoms with E-state index < -0.39 is 0 Å². The fourth-order valence-corrected chi connectivity index (χ4v) is 0.735. The Morgan fingerprint density at radius 2 is 2.45 bits per heavy atom. The minimum Gasteiger partial charge on any atom is -0.272 e. The van der Waals surface area contributed by atoms with Crippen molar-refractivity contribution in [1.29, 1.82) is 5.26 Å². The van der Waals surface area contributed by atoms with Gasteiger partial charge in [-0.25, -0.2) is 4.99 Å². The highest BCUT2D eigenvalue weighted by molar-refractivity contribution is 8.13.